The number of imidazole rings is 1. The first kappa shape index (κ1) is 36.9. The number of nitrogens with zero attached hydrogens (tertiary/aromatic N) is 6. The van der Waals surface area contributed by atoms with Gasteiger partial charge in [-0.3, -0.25) is 0 Å². The molecular formula is C33H36F4N7NaO4. The van der Waals surface area contributed by atoms with E-state index in [1.165, 1.54) is 6.07 Å². The van der Waals surface area contributed by atoms with E-state index in [1.54, 1.807) is 25.6 Å². The van der Waals surface area contributed by atoms with Crippen LogP contribution in [0.2, 0.25) is 0 Å². The number of aromatic amines is 1. The molecule has 4 heterocycles. The maximum Gasteiger partial charge on any atom is 1.00 e. The van der Waals surface area contributed by atoms with E-state index in [4.69, 9.17) is 9.47 Å². The number of fused-ring (bicyclic) bond motifs is 1. The summed E-state index contributed by atoms with van der Waals surface area (Å²) < 4.78 is 66.0. The number of benzene rings is 1. The quantitative estimate of drug-likeness (QED) is 0.183. The number of aromatic nitrogens is 5. The minimum atomic E-state index is -4.87. The molecule has 1 N–H and O–H groups in total. The number of alkyl halides is 3. The van der Waals surface area contributed by atoms with Gasteiger partial charge in [0.05, 0.1) is 54.6 Å². The van der Waals surface area contributed by atoms with E-state index in [-0.39, 0.29) is 58.0 Å². The summed E-state index contributed by atoms with van der Waals surface area (Å²) in [6.07, 6.45) is 3.58. The topological polar surface area (TPSA) is 132 Å². The first-order valence-corrected chi connectivity index (χ1v) is 15.8. The Morgan fingerprint density at radius 2 is 1.84 bits per heavy atom. The third-order valence-corrected chi connectivity index (χ3v) is 9.19. The van der Waals surface area contributed by atoms with Crippen LogP contribution in [0.25, 0.3) is 33.9 Å². The summed E-state index contributed by atoms with van der Waals surface area (Å²) >= 11 is 0. The van der Waals surface area contributed by atoms with Crippen molar-refractivity contribution in [2.75, 3.05) is 56.8 Å². The number of carboxylic acid groups (broad SMARTS) is 1. The summed E-state index contributed by atoms with van der Waals surface area (Å²) in [6.45, 7) is 2.00. The molecule has 256 valence electrons. The molecule has 0 atom stereocenters. The Labute approximate surface area is 302 Å². The number of aliphatic carboxylic acids is 1. The Morgan fingerprint density at radius 1 is 1.10 bits per heavy atom. The summed E-state index contributed by atoms with van der Waals surface area (Å²) in [7, 11) is 3.60. The Bertz CT molecular complexity index is 1760. The average Bonchev–Trinajstić information content (AvgIpc) is 3.71. The summed E-state index contributed by atoms with van der Waals surface area (Å²) in [5.41, 5.74) is 0.812. The summed E-state index contributed by atoms with van der Waals surface area (Å²) in [4.78, 5) is 36.5. The Balaban J connectivity index is 0.00000468. The van der Waals surface area contributed by atoms with Gasteiger partial charge >= 0.3 is 35.7 Å². The normalized spacial score (nSPS) is 16.6. The molecule has 3 aromatic heterocycles. The molecule has 6 rings (SSSR count). The van der Waals surface area contributed by atoms with Crippen LogP contribution in [0.5, 0.6) is 0 Å². The van der Waals surface area contributed by atoms with Crippen LogP contribution in [0.1, 0.15) is 44.1 Å². The fraction of sp³-hybridized carbons (Fsp3) is 0.485. The zero-order valence-electron chi connectivity index (χ0n) is 27.6. The maximum absolute atomic E-state index is 14.2. The molecule has 1 saturated carbocycles. The third-order valence-electron chi connectivity index (χ3n) is 9.19. The van der Waals surface area contributed by atoms with Crippen LogP contribution >= 0.6 is 0 Å². The minimum Gasteiger partial charge on any atom is -0.548 e. The largest absolute Gasteiger partial charge is 1.00 e. The van der Waals surface area contributed by atoms with Crippen molar-refractivity contribution in [3.8, 4) is 22.8 Å². The van der Waals surface area contributed by atoms with Gasteiger partial charge in [-0.25, -0.2) is 24.3 Å². The van der Waals surface area contributed by atoms with Crippen molar-refractivity contribution >= 4 is 28.6 Å². The number of nitrogens with one attached hydrogen (secondary N) is 1. The van der Waals surface area contributed by atoms with Gasteiger partial charge in [-0.1, -0.05) is 12.8 Å². The smallest absolute Gasteiger partial charge is 0.548 e. The number of hydrogen-bond donors (Lipinski definition) is 1. The standard InChI is InChI=1S/C33H37F4N7O4.Na/c1-43(18-32(19-47-2)9-3-4-10-32)26-14-24(20-5-6-23(34)22(13-20)33(35,36)37)40-31-29(26)41-30(42-31)25-15-39-27(16-38-25)44-11-7-21(8-12-44)48-17-28(45)46;/h5-6,13-16,21H,3-4,7-12,17-19H2,1-2H3,(H,45,46)(H,40,41,42);/q;+1/p-1. The van der Waals surface area contributed by atoms with E-state index in [2.05, 4.69) is 24.9 Å². The molecule has 1 aliphatic heterocycles. The van der Waals surface area contributed by atoms with Gasteiger partial charge in [-0.05, 0) is 49.9 Å². The van der Waals surface area contributed by atoms with Crippen LogP contribution in [-0.4, -0.2) is 84.0 Å². The second-order valence-corrected chi connectivity index (χ2v) is 12.6. The number of carboxylic acids is 1. The van der Waals surface area contributed by atoms with Crippen molar-refractivity contribution in [1.82, 2.24) is 24.9 Å². The molecule has 49 heavy (non-hydrogen) atoms. The number of pyridine rings is 1. The second kappa shape index (κ2) is 15.3. The van der Waals surface area contributed by atoms with Gasteiger partial charge in [0.1, 0.15) is 22.8 Å². The fourth-order valence-electron chi connectivity index (χ4n) is 6.86. The van der Waals surface area contributed by atoms with Crippen LogP contribution in [0.4, 0.5) is 29.1 Å². The van der Waals surface area contributed by atoms with Crippen molar-refractivity contribution in [1.29, 1.82) is 0 Å². The van der Waals surface area contributed by atoms with Crippen LogP contribution in [-0.2, 0) is 20.4 Å². The number of ether oxygens (including phenoxy) is 2. The van der Waals surface area contributed by atoms with Gasteiger partial charge < -0.3 is 34.2 Å². The van der Waals surface area contributed by atoms with Crippen molar-refractivity contribution in [2.45, 2.75) is 50.8 Å². The van der Waals surface area contributed by atoms with Crippen LogP contribution in [0.3, 0.4) is 0 Å². The molecule has 0 amide bonds. The van der Waals surface area contributed by atoms with Gasteiger partial charge in [-0.2, -0.15) is 13.2 Å². The van der Waals surface area contributed by atoms with Gasteiger partial charge in [0.2, 0.25) is 0 Å². The summed E-state index contributed by atoms with van der Waals surface area (Å²) in [5.74, 6) is -1.58. The molecule has 1 aliphatic carbocycles. The van der Waals surface area contributed by atoms with E-state index < -0.39 is 30.1 Å². The molecule has 2 aliphatic rings. The number of rotatable bonds is 11. The number of carbonyl (C=O) groups is 1. The van der Waals surface area contributed by atoms with Gasteiger partial charge in [0, 0.05) is 44.8 Å². The molecule has 1 aromatic carbocycles. The second-order valence-electron chi connectivity index (χ2n) is 12.6. The van der Waals surface area contributed by atoms with Gasteiger partial charge in [0.25, 0.3) is 0 Å². The zero-order chi connectivity index (χ0) is 34.1. The maximum atomic E-state index is 14.2. The number of hydrogen-bond acceptors (Lipinski definition) is 10. The molecule has 4 aromatic rings. The first-order valence-electron chi connectivity index (χ1n) is 15.8. The average molecular weight is 694 g/mol. The monoisotopic (exact) mass is 693 g/mol. The number of methoxy groups -OCH3 is 1. The minimum absolute atomic E-state index is 0. The molecular weight excluding hydrogens is 657 g/mol. The van der Waals surface area contributed by atoms with Crippen LogP contribution in [0, 0.1) is 11.2 Å². The molecule has 1 saturated heterocycles. The van der Waals surface area contributed by atoms with Crippen molar-refractivity contribution in [3.63, 3.8) is 0 Å². The van der Waals surface area contributed by atoms with E-state index in [0.717, 1.165) is 37.8 Å². The van der Waals surface area contributed by atoms with Crippen LogP contribution in [0.15, 0.2) is 36.7 Å². The Kier molecular flexibility index (Phi) is 11.5. The number of anilines is 2. The number of piperidine rings is 1. The van der Waals surface area contributed by atoms with Crippen molar-refractivity contribution in [2.24, 2.45) is 5.41 Å². The third kappa shape index (κ3) is 8.34. The zero-order valence-corrected chi connectivity index (χ0v) is 29.6. The molecule has 0 radical (unpaired) electrons. The molecule has 0 bridgehead atoms. The van der Waals surface area contributed by atoms with Crippen molar-refractivity contribution < 1.29 is 66.5 Å². The summed E-state index contributed by atoms with van der Waals surface area (Å²) in [6, 6.07) is 4.55. The molecule has 16 heteroatoms. The molecule has 0 unspecified atom stereocenters. The van der Waals surface area contributed by atoms with Gasteiger partial charge in [0.15, 0.2) is 11.5 Å². The van der Waals surface area contributed by atoms with Crippen molar-refractivity contribution in [3.05, 3.63) is 48.0 Å². The fourth-order valence-corrected chi connectivity index (χ4v) is 6.86. The van der Waals surface area contributed by atoms with Gasteiger partial charge in [-0.15, -0.1) is 0 Å². The van der Waals surface area contributed by atoms with E-state index >= 15 is 0 Å². The first-order chi connectivity index (χ1) is 22.9. The molecule has 0 spiro atoms. The predicted molar refractivity (Wildman–Crippen MR) is 168 cm³/mol. The van der Waals surface area contributed by atoms with E-state index in [1.807, 2.05) is 16.8 Å². The number of halogens is 4. The molecule has 2 fully saturated rings. The number of H-pyrrole nitrogens is 1. The SMILES string of the molecule is COCC1(CN(C)c2cc(-c3ccc(F)c(C(F)(F)F)c3)nc3nc(-c4cnc(N5CCC(OCC(=O)[O-])CC5)cn4)[nH]c23)CCCC1.[Na+]. The Hall–Kier alpha value is -3.37. The van der Waals surface area contributed by atoms with E-state index in [9.17, 15) is 27.5 Å². The van der Waals surface area contributed by atoms with E-state index in [0.29, 0.717) is 67.6 Å². The van der Waals surface area contributed by atoms with Crippen LogP contribution < -0.4 is 44.5 Å². The Morgan fingerprint density at radius 3 is 2.47 bits per heavy atom. The molecule has 11 nitrogen and oxygen atoms in total. The number of carbonyl (C=O) groups excluding carboxylic acids is 1. The predicted octanol–water partition coefficient (Wildman–Crippen LogP) is 1.62. The summed E-state index contributed by atoms with van der Waals surface area (Å²) in [5, 5.41) is 10.7.